The van der Waals surface area contributed by atoms with Gasteiger partial charge in [-0.25, -0.2) is 0 Å². The summed E-state index contributed by atoms with van der Waals surface area (Å²) in [6, 6.07) is 4.11. The van der Waals surface area contributed by atoms with Gasteiger partial charge in [0.25, 0.3) is 5.91 Å². The zero-order valence-corrected chi connectivity index (χ0v) is 12.7. The maximum absolute atomic E-state index is 12.5. The van der Waals surface area contributed by atoms with E-state index in [1.165, 1.54) is 17.0 Å². The molecule has 1 fully saturated rings. The fraction of sp³-hybridized carbons (Fsp3) is 0.500. The molecule has 1 heterocycles. The maximum Gasteiger partial charge on any atom is 0.416 e. The first-order valence-electron chi connectivity index (χ1n) is 7.46. The van der Waals surface area contributed by atoms with E-state index in [1.54, 1.807) is 6.92 Å². The number of carbonyl (C=O) groups is 2. The molecular weight excluding hydrogens is 311 g/mol. The number of halogens is 3. The van der Waals surface area contributed by atoms with Crippen LogP contribution in [0.15, 0.2) is 24.3 Å². The van der Waals surface area contributed by atoms with Gasteiger partial charge in [0.15, 0.2) is 0 Å². The van der Waals surface area contributed by atoms with Crippen LogP contribution in [0.3, 0.4) is 0 Å². The molecule has 0 radical (unpaired) electrons. The van der Waals surface area contributed by atoms with E-state index in [9.17, 15) is 22.8 Å². The first-order chi connectivity index (χ1) is 10.8. The number of piperidine rings is 1. The number of likely N-dealkylation sites (tertiary alicyclic amines) is 1. The number of hydrogen-bond donors (Lipinski definition) is 0. The molecule has 1 saturated heterocycles. The number of ether oxygens (including phenoxy) is 1. The Bertz CT molecular complexity index is 569. The van der Waals surface area contributed by atoms with Crippen molar-refractivity contribution < 1.29 is 27.5 Å². The number of rotatable bonds is 3. The zero-order valence-electron chi connectivity index (χ0n) is 12.7. The van der Waals surface area contributed by atoms with E-state index in [0.717, 1.165) is 12.1 Å². The highest BCUT2D eigenvalue weighted by Crippen LogP contribution is 2.29. The van der Waals surface area contributed by atoms with Crippen LogP contribution in [0.25, 0.3) is 0 Å². The van der Waals surface area contributed by atoms with E-state index in [0.29, 0.717) is 19.4 Å². The fourth-order valence-corrected chi connectivity index (χ4v) is 2.60. The average Bonchev–Trinajstić information content (AvgIpc) is 2.54. The van der Waals surface area contributed by atoms with Crippen LogP contribution in [-0.2, 0) is 15.7 Å². The summed E-state index contributed by atoms with van der Waals surface area (Å²) >= 11 is 0. The van der Waals surface area contributed by atoms with Gasteiger partial charge >= 0.3 is 12.1 Å². The molecular formula is C16H18F3NO3. The van der Waals surface area contributed by atoms with Gasteiger partial charge in [-0.3, -0.25) is 9.59 Å². The van der Waals surface area contributed by atoms with Crippen molar-refractivity contribution in [3.63, 3.8) is 0 Å². The SMILES string of the molecule is CCOC(=O)C1CCCN(C(=O)c2ccc(C(F)(F)F)cc2)C1. The first-order valence-corrected chi connectivity index (χ1v) is 7.46. The smallest absolute Gasteiger partial charge is 0.416 e. The van der Waals surface area contributed by atoms with E-state index in [4.69, 9.17) is 4.74 Å². The fourth-order valence-electron chi connectivity index (χ4n) is 2.60. The monoisotopic (exact) mass is 329 g/mol. The Morgan fingerprint density at radius 3 is 2.48 bits per heavy atom. The van der Waals surface area contributed by atoms with Gasteiger partial charge in [0.1, 0.15) is 0 Å². The van der Waals surface area contributed by atoms with Crippen molar-refractivity contribution in [1.82, 2.24) is 4.90 Å². The lowest BCUT2D eigenvalue weighted by Crippen LogP contribution is -2.42. The van der Waals surface area contributed by atoms with Crippen LogP contribution >= 0.6 is 0 Å². The third-order valence-electron chi connectivity index (χ3n) is 3.79. The van der Waals surface area contributed by atoms with Crippen molar-refractivity contribution in [2.24, 2.45) is 5.92 Å². The lowest BCUT2D eigenvalue weighted by molar-refractivity contribution is -0.149. The van der Waals surface area contributed by atoms with Gasteiger partial charge in [0, 0.05) is 18.7 Å². The van der Waals surface area contributed by atoms with Gasteiger partial charge in [-0.2, -0.15) is 13.2 Å². The predicted octanol–water partition coefficient (Wildman–Crippen LogP) is 3.12. The van der Waals surface area contributed by atoms with E-state index in [2.05, 4.69) is 0 Å². The molecule has 0 N–H and O–H groups in total. The van der Waals surface area contributed by atoms with Gasteiger partial charge in [-0.1, -0.05) is 0 Å². The summed E-state index contributed by atoms with van der Waals surface area (Å²) in [7, 11) is 0. The molecule has 4 nitrogen and oxygen atoms in total. The number of benzene rings is 1. The van der Waals surface area contributed by atoms with Gasteiger partial charge in [0.05, 0.1) is 18.1 Å². The van der Waals surface area contributed by atoms with E-state index in [1.807, 2.05) is 0 Å². The molecule has 23 heavy (non-hydrogen) atoms. The third-order valence-corrected chi connectivity index (χ3v) is 3.79. The molecule has 1 amide bonds. The highest BCUT2D eigenvalue weighted by atomic mass is 19.4. The molecule has 0 spiro atoms. The number of carbonyl (C=O) groups excluding carboxylic acids is 2. The highest BCUT2D eigenvalue weighted by molar-refractivity contribution is 5.94. The number of amides is 1. The first kappa shape index (κ1) is 17.3. The van der Waals surface area contributed by atoms with Crippen LogP contribution in [0.4, 0.5) is 13.2 Å². The molecule has 7 heteroatoms. The standard InChI is InChI=1S/C16H18F3NO3/c1-2-23-15(22)12-4-3-9-20(10-12)14(21)11-5-7-13(8-6-11)16(17,18)19/h5-8,12H,2-4,9-10H2,1H3. The minimum Gasteiger partial charge on any atom is -0.466 e. The molecule has 0 bridgehead atoms. The largest absolute Gasteiger partial charge is 0.466 e. The van der Waals surface area contributed by atoms with E-state index >= 15 is 0 Å². The molecule has 2 rings (SSSR count). The molecule has 1 atom stereocenters. The normalized spacial score (nSPS) is 18.6. The van der Waals surface area contributed by atoms with E-state index < -0.39 is 11.7 Å². The summed E-state index contributed by atoms with van der Waals surface area (Å²) in [5.41, 5.74) is -0.611. The average molecular weight is 329 g/mol. The second-order valence-electron chi connectivity index (χ2n) is 5.42. The summed E-state index contributed by atoms with van der Waals surface area (Å²) < 4.78 is 42.6. The van der Waals surface area contributed by atoms with Gasteiger partial charge in [-0.15, -0.1) is 0 Å². The molecule has 1 unspecified atom stereocenters. The van der Waals surface area contributed by atoms with Crippen molar-refractivity contribution in [3.05, 3.63) is 35.4 Å². The van der Waals surface area contributed by atoms with Gasteiger partial charge in [-0.05, 0) is 44.0 Å². The Morgan fingerprint density at radius 1 is 1.26 bits per heavy atom. The molecule has 0 saturated carbocycles. The summed E-state index contributed by atoms with van der Waals surface area (Å²) in [6.45, 7) is 2.71. The van der Waals surface area contributed by atoms with Crippen LogP contribution in [0.5, 0.6) is 0 Å². The summed E-state index contributed by atoms with van der Waals surface area (Å²) in [6.07, 6.45) is -3.12. The van der Waals surface area contributed by atoms with Crippen molar-refractivity contribution in [2.45, 2.75) is 25.9 Å². The Balaban J connectivity index is 2.06. The van der Waals surface area contributed by atoms with Crippen LogP contribution < -0.4 is 0 Å². The number of hydrogen-bond acceptors (Lipinski definition) is 3. The molecule has 126 valence electrons. The molecule has 1 aliphatic rings. The number of esters is 1. The van der Waals surface area contributed by atoms with Crippen molar-refractivity contribution >= 4 is 11.9 Å². The lowest BCUT2D eigenvalue weighted by Gasteiger charge is -2.31. The van der Waals surface area contributed by atoms with Crippen molar-refractivity contribution in [2.75, 3.05) is 19.7 Å². The van der Waals surface area contributed by atoms with Gasteiger partial charge in [0.2, 0.25) is 0 Å². The summed E-state index contributed by atoms with van der Waals surface area (Å²) in [5.74, 6) is -1.08. The Labute approximate surface area is 132 Å². The van der Waals surface area contributed by atoms with Crippen LogP contribution in [0, 0.1) is 5.92 Å². The maximum atomic E-state index is 12.5. The molecule has 0 aromatic heterocycles. The minimum absolute atomic E-state index is 0.183. The Morgan fingerprint density at radius 2 is 1.91 bits per heavy atom. The lowest BCUT2D eigenvalue weighted by atomic mass is 9.97. The van der Waals surface area contributed by atoms with Crippen molar-refractivity contribution in [3.8, 4) is 0 Å². The molecule has 0 aliphatic carbocycles. The van der Waals surface area contributed by atoms with Crippen LogP contribution in [0.1, 0.15) is 35.7 Å². The summed E-state index contributed by atoms with van der Waals surface area (Å²) in [4.78, 5) is 25.6. The Hall–Kier alpha value is -2.05. The van der Waals surface area contributed by atoms with Crippen LogP contribution in [-0.4, -0.2) is 36.5 Å². The third kappa shape index (κ3) is 4.24. The quantitative estimate of drug-likeness (QED) is 0.801. The van der Waals surface area contributed by atoms with Crippen LogP contribution in [0.2, 0.25) is 0 Å². The van der Waals surface area contributed by atoms with Gasteiger partial charge < -0.3 is 9.64 Å². The molecule has 1 aliphatic heterocycles. The number of alkyl halides is 3. The highest BCUT2D eigenvalue weighted by Gasteiger charge is 2.32. The molecule has 1 aromatic carbocycles. The number of nitrogens with zero attached hydrogens (tertiary/aromatic N) is 1. The Kier molecular flexibility index (Phi) is 5.28. The second kappa shape index (κ2) is 7.02. The second-order valence-corrected chi connectivity index (χ2v) is 5.42. The summed E-state index contributed by atoms with van der Waals surface area (Å²) in [5, 5.41) is 0. The topological polar surface area (TPSA) is 46.6 Å². The zero-order chi connectivity index (χ0) is 17.0. The predicted molar refractivity (Wildman–Crippen MR) is 76.7 cm³/mol. The van der Waals surface area contributed by atoms with Crippen molar-refractivity contribution in [1.29, 1.82) is 0 Å². The van der Waals surface area contributed by atoms with E-state index in [-0.39, 0.29) is 36.5 Å². The minimum atomic E-state index is -4.43. The molecule has 1 aromatic rings.